The minimum absolute atomic E-state index is 0.107. The molecule has 1 aliphatic rings. The van der Waals surface area contributed by atoms with E-state index in [0.717, 1.165) is 32.5 Å². The lowest BCUT2D eigenvalue weighted by atomic mass is 10.1. The van der Waals surface area contributed by atoms with E-state index in [1.54, 1.807) is 0 Å². The summed E-state index contributed by atoms with van der Waals surface area (Å²) in [5.74, 6) is 0.202. The molecule has 1 saturated heterocycles. The molecule has 1 amide bonds. The van der Waals surface area contributed by atoms with Gasteiger partial charge in [0.15, 0.2) is 5.13 Å². The molecule has 1 aliphatic heterocycles. The first kappa shape index (κ1) is 16.0. The fourth-order valence-corrected chi connectivity index (χ4v) is 3.45. The lowest BCUT2D eigenvalue weighted by Crippen LogP contribution is -2.47. The van der Waals surface area contributed by atoms with Crippen LogP contribution in [-0.2, 0) is 0 Å². The van der Waals surface area contributed by atoms with Crippen molar-refractivity contribution in [3.63, 3.8) is 0 Å². The van der Waals surface area contributed by atoms with E-state index in [2.05, 4.69) is 27.4 Å². The smallest absolute Gasteiger partial charge is 0.265 e. The molecule has 2 heterocycles. The number of rotatable bonds is 5. The Hall–Kier alpha value is -1.34. The van der Waals surface area contributed by atoms with Gasteiger partial charge in [0.2, 0.25) is 0 Å². The Bertz CT molecular complexity index is 488. The van der Waals surface area contributed by atoms with Crippen LogP contribution >= 0.6 is 11.3 Å². The molecule has 0 saturated carbocycles. The Morgan fingerprint density at radius 1 is 1.57 bits per heavy atom. The number of carbonyl (C=O) groups excluding carboxylic acids is 1. The average molecular weight is 311 g/mol. The predicted octanol–water partition coefficient (Wildman–Crippen LogP) is 1.76. The first-order chi connectivity index (χ1) is 9.99. The van der Waals surface area contributed by atoms with Gasteiger partial charge in [0.1, 0.15) is 10.7 Å². The zero-order chi connectivity index (χ0) is 15.4. The van der Waals surface area contributed by atoms with E-state index in [1.807, 2.05) is 13.8 Å². The highest BCUT2D eigenvalue weighted by Crippen LogP contribution is 2.25. The van der Waals surface area contributed by atoms with E-state index in [-0.39, 0.29) is 18.0 Å². The van der Waals surface area contributed by atoms with Gasteiger partial charge >= 0.3 is 0 Å². The molecule has 1 unspecified atom stereocenters. The summed E-state index contributed by atoms with van der Waals surface area (Å²) in [7, 11) is 0. The topological polar surface area (TPSA) is 83.3 Å². The molecule has 118 valence electrons. The molecule has 1 fully saturated rings. The van der Waals surface area contributed by atoms with Crippen molar-refractivity contribution in [2.45, 2.75) is 45.7 Å². The van der Waals surface area contributed by atoms with Crippen LogP contribution in [0, 0.1) is 0 Å². The van der Waals surface area contributed by atoms with Gasteiger partial charge in [0.05, 0.1) is 0 Å². The molecule has 7 heteroatoms. The van der Waals surface area contributed by atoms with E-state index in [1.165, 1.54) is 11.3 Å². The third-order valence-electron chi connectivity index (χ3n) is 3.56. The third-order valence-corrected chi connectivity index (χ3v) is 4.56. The second-order valence-corrected chi connectivity index (χ2v) is 6.74. The Labute approximate surface area is 130 Å². The third kappa shape index (κ3) is 4.31. The fraction of sp³-hybridized carbons (Fsp3) is 0.714. The van der Waals surface area contributed by atoms with Gasteiger partial charge in [-0.15, -0.1) is 0 Å². The van der Waals surface area contributed by atoms with Crippen LogP contribution < -0.4 is 16.4 Å². The summed E-state index contributed by atoms with van der Waals surface area (Å²) < 4.78 is 0. The number of likely N-dealkylation sites (tertiary alicyclic amines) is 1. The summed E-state index contributed by atoms with van der Waals surface area (Å²) in [5, 5.41) is 6.97. The average Bonchev–Trinajstić information content (AvgIpc) is 2.79. The molecular formula is C14H25N5OS. The molecule has 1 aromatic rings. The Kier molecular flexibility index (Phi) is 5.41. The van der Waals surface area contributed by atoms with E-state index in [0.29, 0.717) is 15.8 Å². The number of nitrogens with one attached hydrogen (secondary N) is 2. The molecule has 0 aliphatic carbocycles. The van der Waals surface area contributed by atoms with Crippen LogP contribution in [0.4, 0.5) is 10.9 Å². The van der Waals surface area contributed by atoms with Gasteiger partial charge in [-0.1, -0.05) is 18.3 Å². The molecule has 6 nitrogen and oxygen atoms in total. The van der Waals surface area contributed by atoms with Crippen molar-refractivity contribution < 1.29 is 4.79 Å². The summed E-state index contributed by atoms with van der Waals surface area (Å²) in [6, 6.07) is 0.470. The second-order valence-electron chi connectivity index (χ2n) is 5.74. The van der Waals surface area contributed by atoms with Gasteiger partial charge in [-0.3, -0.25) is 4.79 Å². The summed E-state index contributed by atoms with van der Waals surface area (Å²) in [6.07, 6.45) is 2.15. The quantitative estimate of drug-likeness (QED) is 0.772. The van der Waals surface area contributed by atoms with Crippen LogP contribution in [-0.4, -0.2) is 47.5 Å². The molecule has 0 radical (unpaired) electrons. The number of amides is 1. The van der Waals surface area contributed by atoms with Gasteiger partial charge in [-0.05, 0) is 39.8 Å². The van der Waals surface area contributed by atoms with Crippen molar-refractivity contribution in [3.05, 3.63) is 4.88 Å². The first-order valence-electron chi connectivity index (χ1n) is 7.55. The highest BCUT2D eigenvalue weighted by atomic mass is 32.1. The number of thiazole rings is 1. The highest BCUT2D eigenvalue weighted by molar-refractivity contribution is 7.18. The van der Waals surface area contributed by atoms with Crippen molar-refractivity contribution in [1.29, 1.82) is 0 Å². The highest BCUT2D eigenvalue weighted by Gasteiger charge is 2.23. The Morgan fingerprint density at radius 3 is 3.00 bits per heavy atom. The maximum atomic E-state index is 12.4. The van der Waals surface area contributed by atoms with Gasteiger partial charge in [0.25, 0.3) is 5.91 Å². The van der Waals surface area contributed by atoms with Crippen molar-refractivity contribution in [1.82, 2.24) is 15.2 Å². The van der Waals surface area contributed by atoms with Crippen molar-refractivity contribution >= 4 is 28.2 Å². The minimum Gasteiger partial charge on any atom is -0.382 e. The van der Waals surface area contributed by atoms with Gasteiger partial charge in [-0.25, -0.2) is 4.98 Å². The number of hydrogen-bond acceptors (Lipinski definition) is 6. The number of anilines is 2. The Morgan fingerprint density at radius 2 is 2.33 bits per heavy atom. The largest absolute Gasteiger partial charge is 0.382 e. The lowest BCUT2D eigenvalue weighted by Gasteiger charge is -2.32. The number of nitrogens with zero attached hydrogens (tertiary/aromatic N) is 2. The molecule has 21 heavy (non-hydrogen) atoms. The van der Waals surface area contributed by atoms with Crippen LogP contribution in [0.5, 0.6) is 0 Å². The van der Waals surface area contributed by atoms with E-state index in [9.17, 15) is 4.79 Å². The number of piperidine rings is 1. The van der Waals surface area contributed by atoms with Crippen LogP contribution in [0.15, 0.2) is 0 Å². The maximum Gasteiger partial charge on any atom is 0.265 e. The number of carbonyl (C=O) groups is 1. The van der Waals surface area contributed by atoms with E-state index in [4.69, 9.17) is 5.73 Å². The van der Waals surface area contributed by atoms with Crippen LogP contribution in [0.2, 0.25) is 0 Å². The predicted molar refractivity (Wildman–Crippen MR) is 87.9 cm³/mol. The Balaban J connectivity index is 1.98. The number of nitrogen functional groups attached to an aromatic ring is 1. The second kappa shape index (κ2) is 7.09. The zero-order valence-electron chi connectivity index (χ0n) is 13.0. The van der Waals surface area contributed by atoms with E-state index < -0.39 is 0 Å². The normalized spacial score (nSPS) is 19.7. The van der Waals surface area contributed by atoms with Crippen molar-refractivity contribution in [3.8, 4) is 0 Å². The molecular weight excluding hydrogens is 286 g/mol. The molecule has 0 bridgehead atoms. The van der Waals surface area contributed by atoms with Crippen molar-refractivity contribution in [2.24, 2.45) is 0 Å². The number of nitrogens with two attached hydrogens (primary N) is 1. The summed E-state index contributed by atoms with van der Waals surface area (Å²) in [4.78, 5) is 19.4. The number of likely N-dealkylation sites (N-methyl/N-ethyl adjacent to an activating group) is 1. The molecule has 2 rings (SSSR count). The van der Waals surface area contributed by atoms with Crippen LogP contribution in [0.1, 0.15) is 43.3 Å². The van der Waals surface area contributed by atoms with E-state index >= 15 is 0 Å². The standard InChI is InChI=1S/C14H25N5OS/c1-4-19-7-5-6-10(8-19)17-13(20)11-12(15)18-14(21-11)16-9(2)3/h9-10H,4-8,15H2,1-3H3,(H,16,18)(H,17,20). The monoisotopic (exact) mass is 311 g/mol. The van der Waals surface area contributed by atoms with Gasteiger partial charge in [-0.2, -0.15) is 0 Å². The molecule has 1 atom stereocenters. The zero-order valence-corrected chi connectivity index (χ0v) is 13.8. The fourth-order valence-electron chi connectivity index (χ4n) is 2.51. The minimum atomic E-state index is -0.107. The SMILES string of the molecule is CCN1CCCC(NC(=O)c2sc(NC(C)C)nc2N)C1. The number of aromatic nitrogens is 1. The van der Waals surface area contributed by atoms with Gasteiger partial charge in [0, 0.05) is 18.6 Å². The van der Waals surface area contributed by atoms with Crippen LogP contribution in [0.25, 0.3) is 0 Å². The summed E-state index contributed by atoms with van der Waals surface area (Å²) in [6.45, 7) is 9.26. The number of hydrogen-bond donors (Lipinski definition) is 3. The molecule has 0 aromatic carbocycles. The lowest BCUT2D eigenvalue weighted by molar-refractivity contribution is 0.0910. The van der Waals surface area contributed by atoms with Crippen LogP contribution in [0.3, 0.4) is 0 Å². The van der Waals surface area contributed by atoms with Gasteiger partial charge < -0.3 is 21.3 Å². The molecule has 4 N–H and O–H groups in total. The maximum absolute atomic E-state index is 12.4. The summed E-state index contributed by atoms with van der Waals surface area (Å²) in [5.41, 5.74) is 5.86. The first-order valence-corrected chi connectivity index (χ1v) is 8.37. The van der Waals surface area contributed by atoms with Crippen molar-refractivity contribution in [2.75, 3.05) is 30.7 Å². The summed E-state index contributed by atoms with van der Waals surface area (Å²) >= 11 is 1.32. The molecule has 1 aromatic heterocycles. The molecule has 0 spiro atoms.